The van der Waals surface area contributed by atoms with E-state index in [2.05, 4.69) is 10.1 Å². The molecule has 0 aromatic carbocycles. The molecule has 0 atom stereocenters. The summed E-state index contributed by atoms with van der Waals surface area (Å²) in [5.74, 6) is -0.195. The quantitative estimate of drug-likeness (QED) is 0.643. The summed E-state index contributed by atoms with van der Waals surface area (Å²) in [4.78, 5) is 24.0. The molecule has 0 heterocycles. The zero-order chi connectivity index (χ0) is 12.6. The third kappa shape index (κ3) is 7.23. The Kier molecular flexibility index (Phi) is 7.54. The highest BCUT2D eigenvalue weighted by molar-refractivity contribution is 5.78. The van der Waals surface area contributed by atoms with Crippen molar-refractivity contribution in [2.75, 3.05) is 27.2 Å². The van der Waals surface area contributed by atoms with E-state index < -0.39 is 0 Å². The van der Waals surface area contributed by atoms with Crippen LogP contribution in [0.15, 0.2) is 0 Å². The third-order valence-corrected chi connectivity index (χ3v) is 2.19. The van der Waals surface area contributed by atoms with Crippen molar-refractivity contribution in [2.45, 2.75) is 32.7 Å². The van der Waals surface area contributed by atoms with Crippen LogP contribution in [0.5, 0.6) is 0 Å². The topological polar surface area (TPSA) is 58.6 Å². The van der Waals surface area contributed by atoms with Gasteiger partial charge in [-0.2, -0.15) is 0 Å². The Morgan fingerprint density at radius 2 is 2.00 bits per heavy atom. The highest BCUT2D eigenvalue weighted by Gasteiger charge is 2.09. The molecule has 0 fully saturated rings. The Bertz CT molecular complexity index is 229. The number of ether oxygens (including phenoxy) is 1. The number of carbonyl (C=O) groups excluding carboxylic acids is 2. The second kappa shape index (κ2) is 8.10. The van der Waals surface area contributed by atoms with Crippen LogP contribution in [0.2, 0.25) is 0 Å². The Hall–Kier alpha value is -1.10. The summed E-state index contributed by atoms with van der Waals surface area (Å²) in [6, 6.07) is 0.299. The molecule has 1 N–H and O–H groups in total. The number of carbonyl (C=O) groups is 2. The molecule has 0 spiro atoms. The molecule has 0 rings (SSSR count). The van der Waals surface area contributed by atoms with Crippen molar-refractivity contribution in [3.63, 3.8) is 0 Å². The first-order valence-corrected chi connectivity index (χ1v) is 5.51. The van der Waals surface area contributed by atoms with Gasteiger partial charge in [0, 0.05) is 26.1 Å². The summed E-state index contributed by atoms with van der Waals surface area (Å²) < 4.78 is 4.52. The summed E-state index contributed by atoms with van der Waals surface area (Å²) in [7, 11) is 3.10. The van der Waals surface area contributed by atoms with Crippen LogP contribution in [0.4, 0.5) is 0 Å². The van der Waals surface area contributed by atoms with Gasteiger partial charge in [-0.05, 0) is 6.42 Å². The zero-order valence-electron chi connectivity index (χ0n) is 10.6. The number of nitrogens with zero attached hydrogens (tertiary/aromatic N) is 1. The Labute approximate surface area is 97.1 Å². The first-order chi connectivity index (χ1) is 7.47. The molecular formula is C11H22N2O3. The van der Waals surface area contributed by atoms with E-state index in [1.165, 1.54) is 7.11 Å². The van der Waals surface area contributed by atoms with Gasteiger partial charge in [0.1, 0.15) is 0 Å². The molecule has 0 aliphatic heterocycles. The lowest BCUT2D eigenvalue weighted by Crippen LogP contribution is -2.38. The van der Waals surface area contributed by atoms with Gasteiger partial charge in [0.15, 0.2) is 0 Å². The fourth-order valence-corrected chi connectivity index (χ4v) is 1.11. The average molecular weight is 230 g/mol. The summed E-state index contributed by atoms with van der Waals surface area (Å²) in [5, 5.41) is 3.05. The van der Waals surface area contributed by atoms with Gasteiger partial charge in [-0.25, -0.2) is 0 Å². The molecule has 94 valence electrons. The van der Waals surface area contributed by atoms with Gasteiger partial charge in [-0.3, -0.25) is 9.59 Å². The Balaban J connectivity index is 3.67. The van der Waals surface area contributed by atoms with Crippen LogP contribution in [0.3, 0.4) is 0 Å². The first kappa shape index (κ1) is 14.9. The molecular weight excluding hydrogens is 208 g/mol. The molecule has 0 saturated heterocycles. The van der Waals surface area contributed by atoms with Gasteiger partial charge in [0.2, 0.25) is 5.91 Å². The molecule has 5 heteroatoms. The summed E-state index contributed by atoms with van der Waals surface area (Å²) in [6.07, 6.45) is 0.988. The smallest absolute Gasteiger partial charge is 0.305 e. The van der Waals surface area contributed by atoms with Crippen LogP contribution in [0.25, 0.3) is 0 Å². The monoisotopic (exact) mass is 230 g/mol. The highest BCUT2D eigenvalue weighted by atomic mass is 16.5. The van der Waals surface area contributed by atoms with E-state index in [1.54, 1.807) is 11.9 Å². The average Bonchev–Trinajstić information content (AvgIpc) is 2.25. The maximum Gasteiger partial charge on any atom is 0.305 e. The lowest BCUT2D eigenvalue weighted by Gasteiger charge is -2.18. The van der Waals surface area contributed by atoms with Gasteiger partial charge in [-0.1, -0.05) is 13.8 Å². The van der Waals surface area contributed by atoms with E-state index in [9.17, 15) is 9.59 Å². The summed E-state index contributed by atoms with van der Waals surface area (Å²) in [5.41, 5.74) is 0. The predicted octanol–water partition coefficient (Wildman–Crippen LogP) is 0.396. The van der Waals surface area contributed by atoms with Gasteiger partial charge in [0.25, 0.3) is 0 Å². The molecule has 0 aromatic rings. The maximum absolute atomic E-state index is 11.5. The van der Waals surface area contributed by atoms with Crippen LogP contribution in [0.1, 0.15) is 26.7 Å². The van der Waals surface area contributed by atoms with E-state index in [1.807, 2.05) is 13.8 Å². The second-order valence-corrected chi connectivity index (χ2v) is 4.03. The standard InChI is InChI=1S/C11H22N2O3/c1-9(2)12-8-10(14)13(3)7-5-6-11(15)16-4/h9,12H,5-8H2,1-4H3. The van der Waals surface area contributed by atoms with E-state index in [0.717, 1.165) is 0 Å². The largest absolute Gasteiger partial charge is 0.469 e. The van der Waals surface area contributed by atoms with Crippen molar-refractivity contribution in [1.29, 1.82) is 0 Å². The van der Waals surface area contributed by atoms with E-state index in [-0.39, 0.29) is 11.9 Å². The number of hydrogen-bond donors (Lipinski definition) is 1. The highest BCUT2D eigenvalue weighted by Crippen LogP contribution is 1.95. The number of amides is 1. The van der Waals surface area contributed by atoms with Crippen molar-refractivity contribution in [1.82, 2.24) is 10.2 Å². The normalized spacial score (nSPS) is 10.3. The number of hydrogen-bond acceptors (Lipinski definition) is 4. The van der Waals surface area contributed by atoms with Gasteiger partial charge in [0.05, 0.1) is 13.7 Å². The molecule has 5 nitrogen and oxygen atoms in total. The third-order valence-electron chi connectivity index (χ3n) is 2.19. The molecule has 16 heavy (non-hydrogen) atoms. The zero-order valence-corrected chi connectivity index (χ0v) is 10.6. The maximum atomic E-state index is 11.5. The van der Waals surface area contributed by atoms with Crippen molar-refractivity contribution in [3.05, 3.63) is 0 Å². The van der Waals surface area contributed by atoms with Crippen molar-refractivity contribution in [3.8, 4) is 0 Å². The van der Waals surface area contributed by atoms with E-state index in [4.69, 9.17) is 0 Å². The minimum absolute atomic E-state index is 0.0403. The molecule has 0 unspecified atom stereocenters. The second-order valence-electron chi connectivity index (χ2n) is 4.03. The molecule has 1 amide bonds. The SMILES string of the molecule is COC(=O)CCCN(C)C(=O)CNC(C)C. The van der Waals surface area contributed by atoms with Crippen LogP contribution in [-0.4, -0.2) is 50.1 Å². The van der Waals surface area contributed by atoms with Crippen LogP contribution >= 0.6 is 0 Å². The summed E-state index contributed by atoms with van der Waals surface area (Å²) in [6.45, 7) is 4.90. The predicted molar refractivity (Wildman–Crippen MR) is 62.0 cm³/mol. The number of rotatable bonds is 7. The Morgan fingerprint density at radius 3 is 2.50 bits per heavy atom. The van der Waals surface area contributed by atoms with Crippen molar-refractivity contribution in [2.24, 2.45) is 0 Å². The van der Waals surface area contributed by atoms with Gasteiger partial charge < -0.3 is 15.0 Å². The van der Waals surface area contributed by atoms with Gasteiger partial charge in [-0.15, -0.1) is 0 Å². The van der Waals surface area contributed by atoms with Gasteiger partial charge >= 0.3 is 5.97 Å². The van der Waals surface area contributed by atoms with E-state index >= 15 is 0 Å². The molecule has 0 aliphatic rings. The molecule has 0 radical (unpaired) electrons. The number of methoxy groups -OCH3 is 1. The lowest BCUT2D eigenvalue weighted by molar-refractivity contribution is -0.141. The van der Waals surface area contributed by atoms with E-state index in [0.29, 0.717) is 32.0 Å². The van der Waals surface area contributed by atoms with Crippen LogP contribution in [-0.2, 0) is 14.3 Å². The fourth-order valence-electron chi connectivity index (χ4n) is 1.11. The Morgan fingerprint density at radius 1 is 1.38 bits per heavy atom. The molecule has 0 bridgehead atoms. The fraction of sp³-hybridized carbons (Fsp3) is 0.818. The molecule has 0 saturated carbocycles. The summed E-state index contributed by atoms with van der Waals surface area (Å²) >= 11 is 0. The minimum Gasteiger partial charge on any atom is -0.469 e. The molecule has 0 aliphatic carbocycles. The number of esters is 1. The molecule has 0 aromatic heterocycles. The van der Waals surface area contributed by atoms with Crippen molar-refractivity contribution < 1.29 is 14.3 Å². The lowest BCUT2D eigenvalue weighted by atomic mass is 10.3. The first-order valence-electron chi connectivity index (χ1n) is 5.51. The van der Waals surface area contributed by atoms with Crippen LogP contribution < -0.4 is 5.32 Å². The minimum atomic E-state index is -0.235. The number of nitrogens with one attached hydrogen (secondary N) is 1. The number of likely N-dealkylation sites (N-methyl/N-ethyl adjacent to an activating group) is 1. The van der Waals surface area contributed by atoms with Crippen molar-refractivity contribution >= 4 is 11.9 Å². The van der Waals surface area contributed by atoms with Crippen LogP contribution in [0, 0.1) is 0 Å².